The Balaban J connectivity index is 1.11. The Bertz CT molecular complexity index is 3150. The largest absolute Gasteiger partial charge is 0.292 e. The average Bonchev–Trinajstić information content (AvgIpc) is 3.85. The maximum Gasteiger partial charge on any atom is 0.164 e. The van der Waals surface area contributed by atoms with Gasteiger partial charge in [-0.15, -0.1) is 0 Å². The summed E-state index contributed by atoms with van der Waals surface area (Å²) in [5.41, 5.74) is 19.3. The smallest absolute Gasteiger partial charge is 0.164 e. The first-order valence-electron chi connectivity index (χ1n) is 21.7. The van der Waals surface area contributed by atoms with Crippen molar-refractivity contribution in [2.75, 3.05) is 0 Å². The first kappa shape index (κ1) is 39.6. The van der Waals surface area contributed by atoms with Crippen LogP contribution in [0.3, 0.4) is 0 Å². The van der Waals surface area contributed by atoms with Gasteiger partial charge in [0, 0.05) is 39.2 Å². The monoisotopic (exact) mass is 819 g/mol. The molecule has 0 bridgehead atoms. The summed E-state index contributed by atoms with van der Waals surface area (Å²) in [6, 6.07) is 51.6. The van der Waals surface area contributed by atoms with Gasteiger partial charge in [-0.1, -0.05) is 96.8 Å². The molecule has 7 aromatic carbocycles. The van der Waals surface area contributed by atoms with Crippen molar-refractivity contribution in [1.82, 2.24) is 34.1 Å². The molecule has 63 heavy (non-hydrogen) atoms. The highest BCUT2D eigenvalue weighted by Crippen LogP contribution is 2.36. The fourth-order valence-corrected chi connectivity index (χ4v) is 9.01. The lowest BCUT2D eigenvalue weighted by Crippen LogP contribution is -2.04. The molecule has 308 valence electrons. The van der Waals surface area contributed by atoms with E-state index in [4.69, 9.17) is 24.9 Å². The van der Waals surface area contributed by atoms with Crippen LogP contribution in [-0.2, 0) is 0 Å². The number of aryl methyl sites for hydroxylation is 6. The molecule has 0 unspecified atom stereocenters. The first-order valence-corrected chi connectivity index (χ1v) is 21.7. The highest BCUT2D eigenvalue weighted by molar-refractivity contribution is 5.85. The number of nitrogens with zero attached hydrogens (tertiary/aromatic N) is 7. The summed E-state index contributed by atoms with van der Waals surface area (Å²) in [5, 5.41) is 0. The van der Waals surface area contributed by atoms with Gasteiger partial charge in [-0.3, -0.25) is 9.13 Å². The fraction of sp³-hybridized carbons (Fsp3) is 0.161. The third kappa shape index (κ3) is 7.39. The Morgan fingerprint density at radius 1 is 0.381 bits per heavy atom. The zero-order chi connectivity index (χ0) is 43.5. The van der Waals surface area contributed by atoms with E-state index >= 15 is 0 Å². The molecular formula is C56H49N7. The number of benzene rings is 7. The summed E-state index contributed by atoms with van der Waals surface area (Å²) in [6.07, 6.45) is 0. The molecule has 0 spiro atoms. The van der Waals surface area contributed by atoms with Crippen LogP contribution in [-0.4, -0.2) is 34.1 Å². The summed E-state index contributed by atoms with van der Waals surface area (Å²) in [6.45, 7) is 17.2. The molecule has 0 aliphatic carbocycles. The van der Waals surface area contributed by atoms with Crippen molar-refractivity contribution in [1.29, 1.82) is 0 Å². The molecule has 3 aromatic heterocycles. The van der Waals surface area contributed by atoms with E-state index in [9.17, 15) is 0 Å². The Morgan fingerprint density at radius 3 is 1.21 bits per heavy atom. The van der Waals surface area contributed by atoms with E-state index < -0.39 is 0 Å². The Morgan fingerprint density at radius 2 is 0.794 bits per heavy atom. The maximum atomic E-state index is 5.26. The third-order valence-electron chi connectivity index (χ3n) is 12.0. The van der Waals surface area contributed by atoms with E-state index in [1.807, 2.05) is 12.1 Å². The third-order valence-corrected chi connectivity index (χ3v) is 12.0. The highest BCUT2D eigenvalue weighted by Gasteiger charge is 2.21. The number of hydrogen-bond acceptors (Lipinski definition) is 5. The van der Waals surface area contributed by atoms with Crippen LogP contribution in [0.5, 0.6) is 0 Å². The zero-order valence-corrected chi connectivity index (χ0v) is 37.1. The van der Waals surface area contributed by atoms with Crippen LogP contribution in [0.25, 0.3) is 90.4 Å². The summed E-state index contributed by atoms with van der Waals surface area (Å²) in [4.78, 5) is 26.0. The molecule has 7 nitrogen and oxygen atoms in total. The molecule has 7 heteroatoms. The normalized spacial score (nSPS) is 11.6. The van der Waals surface area contributed by atoms with Gasteiger partial charge in [0.2, 0.25) is 0 Å². The Hall–Kier alpha value is -7.51. The molecule has 3 heterocycles. The van der Waals surface area contributed by atoms with Crippen LogP contribution in [0.2, 0.25) is 0 Å². The second-order valence-electron chi connectivity index (χ2n) is 17.4. The fourth-order valence-electron chi connectivity index (χ4n) is 9.01. The zero-order valence-electron chi connectivity index (χ0n) is 37.1. The van der Waals surface area contributed by atoms with E-state index in [0.29, 0.717) is 23.4 Å². The summed E-state index contributed by atoms with van der Waals surface area (Å²) in [7, 11) is 0. The highest BCUT2D eigenvalue weighted by atomic mass is 15.1. The van der Waals surface area contributed by atoms with Gasteiger partial charge in [-0.05, 0) is 149 Å². The minimum Gasteiger partial charge on any atom is -0.292 e. The molecule has 10 aromatic rings. The first-order chi connectivity index (χ1) is 30.5. The number of para-hydroxylation sites is 4. The van der Waals surface area contributed by atoms with E-state index in [0.717, 1.165) is 84.0 Å². The van der Waals surface area contributed by atoms with Crippen molar-refractivity contribution in [3.63, 3.8) is 0 Å². The molecule has 0 aliphatic heterocycles. The summed E-state index contributed by atoms with van der Waals surface area (Å²) < 4.78 is 4.53. The minimum atomic E-state index is 0.414. The van der Waals surface area contributed by atoms with Gasteiger partial charge in [0.25, 0.3) is 0 Å². The van der Waals surface area contributed by atoms with E-state index in [-0.39, 0.29) is 0 Å². The molecular weight excluding hydrogens is 771 g/mol. The van der Waals surface area contributed by atoms with Crippen molar-refractivity contribution in [3.8, 4) is 68.3 Å². The van der Waals surface area contributed by atoms with Crippen LogP contribution in [0, 0.1) is 41.5 Å². The van der Waals surface area contributed by atoms with Crippen LogP contribution >= 0.6 is 0 Å². The van der Waals surface area contributed by atoms with Crippen molar-refractivity contribution >= 4 is 22.1 Å². The van der Waals surface area contributed by atoms with Gasteiger partial charge in [-0.25, -0.2) is 24.9 Å². The quantitative estimate of drug-likeness (QED) is 0.153. The molecule has 0 saturated carbocycles. The number of aromatic nitrogens is 7. The minimum absolute atomic E-state index is 0.414. The van der Waals surface area contributed by atoms with Crippen molar-refractivity contribution < 1.29 is 0 Å². The Labute approximate surface area is 368 Å². The maximum absolute atomic E-state index is 5.26. The van der Waals surface area contributed by atoms with Crippen molar-refractivity contribution in [3.05, 3.63) is 185 Å². The lowest BCUT2D eigenvalue weighted by Gasteiger charge is -2.16. The molecule has 0 fully saturated rings. The second kappa shape index (κ2) is 15.8. The SMILES string of the molecule is Cc1cc(C)cc(-c2nc3ccccc3n2-c2ccc(-c3nc(-c4ccc(C(C)C)cc4)nc(-c4ccc(-n5c(-c6cc(C)cc(C)c6)nc6ccccc65)cc4C)n3)c(C)c2)c1. The molecule has 0 saturated heterocycles. The van der Waals surface area contributed by atoms with Gasteiger partial charge in [0.15, 0.2) is 17.5 Å². The van der Waals surface area contributed by atoms with Gasteiger partial charge in [-0.2, -0.15) is 0 Å². The molecule has 0 amide bonds. The number of hydrogen-bond donors (Lipinski definition) is 0. The van der Waals surface area contributed by atoms with E-state index in [1.54, 1.807) is 0 Å². The summed E-state index contributed by atoms with van der Waals surface area (Å²) >= 11 is 0. The van der Waals surface area contributed by atoms with E-state index in [2.05, 4.69) is 198 Å². The Kier molecular flexibility index (Phi) is 9.90. The standard InChI is InChI=1S/C56H49N7/c1-33(2)40-17-19-41(20-18-40)52-59-53(46-23-21-44(31-38(46)7)62-50-15-11-9-13-48(50)57-55(62)42-27-34(3)25-35(4)28-42)61-54(60-52)47-24-22-45(32-39(47)8)63-51-16-12-10-14-49(51)58-56(63)43-29-36(5)26-37(6)30-43/h9-33H,1-8H3. The average molecular weight is 820 g/mol. The van der Waals surface area contributed by atoms with Crippen molar-refractivity contribution in [2.24, 2.45) is 0 Å². The lowest BCUT2D eigenvalue weighted by atomic mass is 10.0. The van der Waals surface area contributed by atoms with E-state index in [1.165, 1.54) is 27.8 Å². The second-order valence-corrected chi connectivity index (χ2v) is 17.4. The summed E-state index contributed by atoms with van der Waals surface area (Å²) in [5.74, 6) is 4.11. The lowest BCUT2D eigenvalue weighted by molar-refractivity contribution is 0.867. The topological polar surface area (TPSA) is 74.3 Å². The molecule has 10 rings (SSSR count). The van der Waals surface area contributed by atoms with Crippen LogP contribution < -0.4 is 0 Å². The van der Waals surface area contributed by atoms with Gasteiger partial charge in [0.05, 0.1) is 22.1 Å². The molecule has 0 atom stereocenters. The molecule has 0 radical (unpaired) electrons. The number of fused-ring (bicyclic) bond motifs is 2. The van der Waals surface area contributed by atoms with Crippen LogP contribution in [0.15, 0.2) is 146 Å². The van der Waals surface area contributed by atoms with Gasteiger partial charge in [0.1, 0.15) is 11.6 Å². The predicted octanol–water partition coefficient (Wildman–Crippen LogP) is 13.9. The van der Waals surface area contributed by atoms with Crippen LogP contribution in [0.4, 0.5) is 0 Å². The van der Waals surface area contributed by atoms with Crippen LogP contribution in [0.1, 0.15) is 58.7 Å². The molecule has 0 aliphatic rings. The van der Waals surface area contributed by atoms with Crippen molar-refractivity contribution in [2.45, 2.75) is 61.3 Å². The number of rotatable bonds is 8. The molecule has 0 N–H and O–H groups in total. The van der Waals surface area contributed by atoms with Gasteiger partial charge >= 0.3 is 0 Å². The van der Waals surface area contributed by atoms with Gasteiger partial charge < -0.3 is 0 Å². The predicted molar refractivity (Wildman–Crippen MR) is 259 cm³/mol. The number of imidazole rings is 2.